The molecule has 1 aromatic carbocycles. The molecule has 0 saturated heterocycles. The minimum Gasteiger partial charge on any atom is -0.466 e. The van der Waals surface area contributed by atoms with Crippen molar-refractivity contribution in [3.63, 3.8) is 0 Å². The minimum atomic E-state index is -1.24. The molecule has 0 unspecified atom stereocenters. The number of hydrogen-bond donors (Lipinski definition) is 3. The lowest BCUT2D eigenvalue weighted by Gasteiger charge is -2.21. The number of nitrogens with one attached hydrogen (secondary N) is 2. The van der Waals surface area contributed by atoms with E-state index >= 15 is 0 Å². The summed E-state index contributed by atoms with van der Waals surface area (Å²) in [5.41, 5.74) is 0.811. The highest BCUT2D eigenvalue weighted by Gasteiger charge is 2.26. The van der Waals surface area contributed by atoms with E-state index < -0.39 is 5.60 Å². The van der Waals surface area contributed by atoms with Gasteiger partial charge in [0.15, 0.2) is 0 Å². The van der Waals surface area contributed by atoms with Crippen LogP contribution in [0.25, 0.3) is 11.0 Å². The van der Waals surface area contributed by atoms with Crippen LogP contribution in [0.4, 0.5) is 4.79 Å². The van der Waals surface area contributed by atoms with Gasteiger partial charge in [0.2, 0.25) is 0 Å². The Morgan fingerprint density at radius 3 is 2.92 bits per heavy atom. The van der Waals surface area contributed by atoms with Gasteiger partial charge in [0.05, 0.1) is 30.2 Å². The smallest absolute Gasteiger partial charge is 0.314 e. The molecular weight excluding hydrogens is 320 g/mol. The summed E-state index contributed by atoms with van der Waals surface area (Å²) in [6.45, 7) is 2.96. The number of urea groups is 1. The number of carbonyl (C=O) groups is 1. The molecule has 3 rings (SSSR count). The van der Waals surface area contributed by atoms with Crippen molar-refractivity contribution in [1.82, 2.24) is 20.2 Å². The van der Waals surface area contributed by atoms with Crippen LogP contribution in [0, 0.1) is 0 Å². The molecule has 1 atom stereocenters. The summed E-state index contributed by atoms with van der Waals surface area (Å²) in [6, 6.07) is 11.0. The second-order valence-electron chi connectivity index (χ2n) is 6.14. The molecule has 2 aromatic heterocycles. The molecule has 0 fully saturated rings. The Morgan fingerprint density at radius 1 is 1.28 bits per heavy atom. The van der Waals surface area contributed by atoms with Crippen molar-refractivity contribution in [3.05, 3.63) is 54.7 Å². The van der Waals surface area contributed by atoms with Crippen molar-refractivity contribution >= 4 is 17.1 Å². The third kappa shape index (κ3) is 4.19. The molecule has 0 aliphatic carbocycles. The predicted molar refractivity (Wildman–Crippen MR) is 94.0 cm³/mol. The van der Waals surface area contributed by atoms with Gasteiger partial charge < -0.3 is 24.7 Å². The second kappa shape index (κ2) is 7.40. The third-order valence-electron chi connectivity index (χ3n) is 4.03. The van der Waals surface area contributed by atoms with Crippen LogP contribution in [-0.2, 0) is 12.1 Å². The van der Waals surface area contributed by atoms with Gasteiger partial charge in [-0.15, -0.1) is 0 Å². The average Bonchev–Trinajstić information content (AvgIpc) is 3.27. The molecule has 7 heteroatoms. The van der Waals surface area contributed by atoms with Crippen molar-refractivity contribution in [2.45, 2.75) is 25.5 Å². The van der Waals surface area contributed by atoms with E-state index in [0.29, 0.717) is 12.3 Å². The molecule has 3 N–H and O–H groups in total. The van der Waals surface area contributed by atoms with Gasteiger partial charge in [-0.1, -0.05) is 12.1 Å². The molecule has 0 spiro atoms. The van der Waals surface area contributed by atoms with Gasteiger partial charge in [-0.2, -0.15) is 0 Å². The number of amides is 2. The highest BCUT2D eigenvalue weighted by Crippen LogP contribution is 2.19. The lowest BCUT2D eigenvalue weighted by Crippen LogP contribution is -2.43. The van der Waals surface area contributed by atoms with E-state index in [2.05, 4.69) is 20.2 Å². The number of imidazole rings is 1. The monoisotopic (exact) mass is 342 g/mol. The van der Waals surface area contributed by atoms with E-state index in [1.807, 2.05) is 30.6 Å². The number of aliphatic hydroxyl groups is 1. The van der Waals surface area contributed by atoms with E-state index in [-0.39, 0.29) is 12.6 Å². The Hall–Kier alpha value is -2.80. The van der Waals surface area contributed by atoms with Crippen molar-refractivity contribution in [1.29, 1.82) is 0 Å². The molecule has 2 heterocycles. The van der Waals surface area contributed by atoms with Gasteiger partial charge in [0, 0.05) is 13.1 Å². The Kier molecular flexibility index (Phi) is 5.04. The molecule has 2 amide bonds. The summed E-state index contributed by atoms with van der Waals surface area (Å²) in [4.78, 5) is 16.2. The first kappa shape index (κ1) is 17.0. The van der Waals surface area contributed by atoms with Gasteiger partial charge in [-0.25, -0.2) is 9.78 Å². The second-order valence-corrected chi connectivity index (χ2v) is 6.14. The van der Waals surface area contributed by atoms with Crippen LogP contribution in [0.5, 0.6) is 0 Å². The van der Waals surface area contributed by atoms with Gasteiger partial charge in [0.1, 0.15) is 11.4 Å². The van der Waals surface area contributed by atoms with Gasteiger partial charge in [0.25, 0.3) is 0 Å². The first-order valence-corrected chi connectivity index (χ1v) is 8.24. The number of furan rings is 1. The summed E-state index contributed by atoms with van der Waals surface area (Å²) in [6.07, 6.45) is 4.08. The summed E-state index contributed by atoms with van der Waals surface area (Å²) in [5, 5.41) is 15.7. The third-order valence-corrected chi connectivity index (χ3v) is 4.03. The largest absolute Gasteiger partial charge is 0.466 e. The number of rotatable bonds is 7. The van der Waals surface area contributed by atoms with E-state index in [1.165, 1.54) is 6.26 Å². The van der Waals surface area contributed by atoms with Crippen LogP contribution in [0.15, 0.2) is 53.4 Å². The van der Waals surface area contributed by atoms with Crippen molar-refractivity contribution in [2.24, 2.45) is 0 Å². The normalized spacial score (nSPS) is 13.5. The zero-order valence-electron chi connectivity index (χ0n) is 14.1. The fourth-order valence-electron chi connectivity index (χ4n) is 2.63. The molecule has 3 aromatic rings. The summed E-state index contributed by atoms with van der Waals surface area (Å²) in [7, 11) is 0. The van der Waals surface area contributed by atoms with E-state index in [4.69, 9.17) is 4.42 Å². The van der Waals surface area contributed by atoms with Crippen LogP contribution in [-0.4, -0.2) is 33.8 Å². The number of aryl methyl sites for hydroxylation is 1. The molecular formula is C18H22N4O3. The number of benzene rings is 1. The molecule has 0 bridgehead atoms. The first-order valence-electron chi connectivity index (χ1n) is 8.24. The molecule has 7 nitrogen and oxygen atoms in total. The molecule has 0 saturated carbocycles. The molecule has 0 aliphatic rings. The summed E-state index contributed by atoms with van der Waals surface area (Å²) in [5.74, 6) is 0.416. The van der Waals surface area contributed by atoms with Crippen LogP contribution in [0.3, 0.4) is 0 Å². The predicted octanol–water partition coefficient (Wildman–Crippen LogP) is 2.23. The molecule has 25 heavy (non-hydrogen) atoms. The number of carbonyl (C=O) groups excluding carboxylic acids is 1. The topological polar surface area (TPSA) is 92.3 Å². The summed E-state index contributed by atoms with van der Waals surface area (Å²) < 4.78 is 7.24. The number of hydrogen-bond acceptors (Lipinski definition) is 4. The SMILES string of the molecule is C[C@](O)(CNC(=O)NCCCn1cnc2ccccc21)c1ccco1. The maximum atomic E-state index is 11.8. The van der Waals surface area contributed by atoms with Crippen LogP contribution in [0.2, 0.25) is 0 Å². The fraction of sp³-hybridized carbons (Fsp3) is 0.333. The van der Waals surface area contributed by atoms with E-state index in [1.54, 1.807) is 19.1 Å². The quantitative estimate of drug-likeness (QED) is 0.574. The molecule has 0 aliphatic heterocycles. The Balaban J connectivity index is 1.39. The van der Waals surface area contributed by atoms with E-state index in [9.17, 15) is 9.90 Å². The summed E-state index contributed by atoms with van der Waals surface area (Å²) >= 11 is 0. The standard InChI is InChI=1S/C18H22N4O3/c1-18(24,16-8-4-11-25-16)12-20-17(23)19-9-5-10-22-13-21-14-6-2-3-7-15(14)22/h2-4,6-8,11,13,24H,5,9-10,12H2,1H3,(H2,19,20,23)/t18-/m0/s1. The Morgan fingerprint density at radius 2 is 2.12 bits per heavy atom. The number of aromatic nitrogens is 2. The number of nitrogens with zero attached hydrogens (tertiary/aromatic N) is 2. The van der Waals surface area contributed by atoms with Gasteiger partial charge in [-0.05, 0) is 37.6 Å². The zero-order chi connectivity index (χ0) is 17.7. The first-order chi connectivity index (χ1) is 12.1. The Bertz CT molecular complexity index is 824. The molecule has 132 valence electrons. The maximum Gasteiger partial charge on any atom is 0.314 e. The van der Waals surface area contributed by atoms with Gasteiger partial charge >= 0.3 is 6.03 Å². The lowest BCUT2D eigenvalue weighted by molar-refractivity contribution is 0.0367. The fourth-order valence-corrected chi connectivity index (χ4v) is 2.63. The lowest BCUT2D eigenvalue weighted by atomic mass is 10.0. The van der Waals surface area contributed by atoms with Crippen molar-refractivity contribution in [3.8, 4) is 0 Å². The van der Waals surface area contributed by atoms with Crippen LogP contribution < -0.4 is 10.6 Å². The number of para-hydroxylation sites is 2. The maximum absolute atomic E-state index is 11.8. The highest BCUT2D eigenvalue weighted by atomic mass is 16.4. The van der Waals surface area contributed by atoms with Crippen LogP contribution in [0.1, 0.15) is 19.1 Å². The van der Waals surface area contributed by atoms with Crippen LogP contribution >= 0.6 is 0 Å². The van der Waals surface area contributed by atoms with Gasteiger partial charge in [-0.3, -0.25) is 0 Å². The zero-order valence-corrected chi connectivity index (χ0v) is 14.1. The highest BCUT2D eigenvalue weighted by molar-refractivity contribution is 5.75. The van der Waals surface area contributed by atoms with Crippen molar-refractivity contribution < 1.29 is 14.3 Å². The Labute approximate surface area is 145 Å². The minimum absolute atomic E-state index is 0.0680. The number of fused-ring (bicyclic) bond motifs is 1. The molecule has 0 radical (unpaired) electrons. The van der Waals surface area contributed by atoms with Crippen molar-refractivity contribution in [2.75, 3.05) is 13.1 Å². The van der Waals surface area contributed by atoms with E-state index in [0.717, 1.165) is 24.0 Å². The average molecular weight is 342 g/mol.